The van der Waals surface area contributed by atoms with Crippen LogP contribution in [0, 0.1) is 0 Å². The van der Waals surface area contributed by atoms with E-state index < -0.39 is 6.03 Å². The average molecular weight is 244 g/mol. The third-order valence-corrected chi connectivity index (χ3v) is 2.31. The minimum absolute atomic E-state index is 0.00102. The summed E-state index contributed by atoms with van der Waals surface area (Å²) in [6, 6.07) is -0.466. The Morgan fingerprint density at radius 3 is 2.76 bits per heavy atom. The second kappa shape index (κ2) is 6.56. The standard InChI is InChI=1S/C11H20N2O4/c1-7(5-10-6-16-10)17-9(3)13-11(14)12-8(2)15-4/h7-8,10H,5-6H2,1-4H3,(H,12,14)/b13-9+. The monoisotopic (exact) mass is 244 g/mol. The predicted molar refractivity (Wildman–Crippen MR) is 63.0 cm³/mol. The van der Waals surface area contributed by atoms with Gasteiger partial charge in [-0.25, -0.2) is 4.79 Å². The molecule has 1 aliphatic heterocycles. The van der Waals surface area contributed by atoms with Crippen LogP contribution in [0.3, 0.4) is 0 Å². The third kappa shape index (κ3) is 6.23. The van der Waals surface area contributed by atoms with Crippen LogP contribution in [0.15, 0.2) is 4.99 Å². The van der Waals surface area contributed by atoms with Crippen LogP contribution in [0.1, 0.15) is 27.2 Å². The number of ether oxygens (including phenoxy) is 3. The minimum Gasteiger partial charge on any atom is -0.478 e. The van der Waals surface area contributed by atoms with Gasteiger partial charge in [-0.2, -0.15) is 4.99 Å². The molecule has 17 heavy (non-hydrogen) atoms. The molecule has 0 aliphatic carbocycles. The van der Waals surface area contributed by atoms with Crippen molar-refractivity contribution in [3.05, 3.63) is 0 Å². The Labute approximate surface area is 101 Å². The van der Waals surface area contributed by atoms with Gasteiger partial charge >= 0.3 is 6.03 Å². The molecule has 1 heterocycles. The molecule has 0 aromatic carbocycles. The van der Waals surface area contributed by atoms with Crippen LogP contribution < -0.4 is 5.32 Å². The highest BCUT2D eigenvalue weighted by Crippen LogP contribution is 2.17. The number of amides is 2. The summed E-state index contributed by atoms with van der Waals surface area (Å²) in [4.78, 5) is 15.1. The van der Waals surface area contributed by atoms with Crippen LogP contribution in [0.4, 0.5) is 4.79 Å². The molecule has 3 atom stereocenters. The van der Waals surface area contributed by atoms with Crippen molar-refractivity contribution in [1.29, 1.82) is 0 Å². The van der Waals surface area contributed by atoms with Crippen LogP contribution in [-0.4, -0.2) is 44.1 Å². The zero-order chi connectivity index (χ0) is 12.8. The molecule has 0 aromatic heterocycles. The Hall–Kier alpha value is -1.14. The van der Waals surface area contributed by atoms with Crippen LogP contribution in [-0.2, 0) is 14.2 Å². The summed E-state index contributed by atoms with van der Waals surface area (Å²) in [5.41, 5.74) is 0. The third-order valence-electron chi connectivity index (χ3n) is 2.31. The van der Waals surface area contributed by atoms with Gasteiger partial charge in [0, 0.05) is 20.5 Å². The first kappa shape index (κ1) is 13.9. The van der Waals surface area contributed by atoms with Crippen molar-refractivity contribution in [2.45, 2.75) is 45.6 Å². The fraction of sp³-hybridized carbons (Fsp3) is 0.818. The van der Waals surface area contributed by atoms with Gasteiger partial charge in [0.25, 0.3) is 0 Å². The quantitative estimate of drug-likeness (QED) is 0.342. The van der Waals surface area contributed by atoms with Crippen LogP contribution >= 0.6 is 0 Å². The lowest BCUT2D eigenvalue weighted by Crippen LogP contribution is -2.32. The Balaban J connectivity index is 2.28. The second-order valence-electron chi connectivity index (χ2n) is 4.08. The van der Waals surface area contributed by atoms with Crippen molar-refractivity contribution in [3.8, 4) is 0 Å². The first-order valence-electron chi connectivity index (χ1n) is 5.68. The fourth-order valence-corrected chi connectivity index (χ4v) is 1.35. The van der Waals surface area contributed by atoms with Gasteiger partial charge in [-0.05, 0) is 13.8 Å². The molecule has 0 radical (unpaired) electrons. The number of nitrogens with zero attached hydrogens (tertiary/aromatic N) is 1. The molecule has 1 rings (SSSR count). The normalized spacial score (nSPS) is 22.8. The lowest BCUT2D eigenvalue weighted by molar-refractivity contribution is 0.0975. The first-order valence-corrected chi connectivity index (χ1v) is 5.68. The van der Waals surface area contributed by atoms with E-state index >= 15 is 0 Å². The van der Waals surface area contributed by atoms with E-state index in [0.717, 1.165) is 13.0 Å². The predicted octanol–water partition coefficient (Wildman–Crippen LogP) is 1.30. The number of carbonyl (C=O) groups excluding carboxylic acids is 1. The summed E-state index contributed by atoms with van der Waals surface area (Å²) in [5, 5.41) is 2.53. The van der Waals surface area contributed by atoms with Crippen molar-refractivity contribution in [1.82, 2.24) is 5.32 Å². The van der Waals surface area contributed by atoms with Gasteiger partial charge in [0.1, 0.15) is 6.23 Å². The maximum atomic E-state index is 11.4. The van der Waals surface area contributed by atoms with E-state index in [0.29, 0.717) is 12.0 Å². The zero-order valence-electron chi connectivity index (χ0n) is 10.7. The Kier molecular flexibility index (Phi) is 5.37. The van der Waals surface area contributed by atoms with E-state index in [4.69, 9.17) is 14.2 Å². The molecule has 1 N–H and O–H groups in total. The Bertz CT molecular complexity index is 289. The van der Waals surface area contributed by atoms with Gasteiger partial charge in [-0.3, -0.25) is 0 Å². The molecule has 2 amide bonds. The fourth-order valence-electron chi connectivity index (χ4n) is 1.35. The maximum Gasteiger partial charge on any atom is 0.345 e. The summed E-state index contributed by atoms with van der Waals surface area (Å²) < 4.78 is 15.4. The lowest BCUT2D eigenvalue weighted by atomic mass is 10.2. The molecule has 6 nitrogen and oxygen atoms in total. The van der Waals surface area contributed by atoms with Crippen molar-refractivity contribution >= 4 is 11.9 Å². The number of epoxide rings is 1. The molecule has 0 aromatic rings. The van der Waals surface area contributed by atoms with E-state index in [1.807, 2.05) is 6.92 Å². The minimum atomic E-state index is -0.466. The summed E-state index contributed by atoms with van der Waals surface area (Å²) in [5.74, 6) is 0.346. The van der Waals surface area contributed by atoms with E-state index in [1.54, 1.807) is 13.8 Å². The maximum absolute atomic E-state index is 11.4. The Morgan fingerprint density at radius 1 is 1.59 bits per heavy atom. The van der Waals surface area contributed by atoms with Crippen molar-refractivity contribution < 1.29 is 19.0 Å². The first-order chi connectivity index (χ1) is 8.01. The number of methoxy groups -OCH3 is 1. The van der Waals surface area contributed by atoms with Gasteiger partial charge in [0.15, 0.2) is 5.90 Å². The van der Waals surface area contributed by atoms with Gasteiger partial charge in [0.2, 0.25) is 0 Å². The largest absolute Gasteiger partial charge is 0.478 e. The molecular weight excluding hydrogens is 224 g/mol. The zero-order valence-corrected chi connectivity index (χ0v) is 10.7. The molecule has 0 saturated carbocycles. The number of urea groups is 1. The molecule has 1 saturated heterocycles. The van der Waals surface area contributed by atoms with Crippen LogP contribution in [0.5, 0.6) is 0 Å². The number of carbonyl (C=O) groups is 1. The SMILES string of the molecule is COC(C)NC(=O)/N=C(\C)OC(C)CC1CO1. The summed E-state index contributed by atoms with van der Waals surface area (Å²) in [6.45, 7) is 6.10. The molecule has 3 unspecified atom stereocenters. The summed E-state index contributed by atoms with van der Waals surface area (Å²) in [7, 11) is 1.51. The number of nitrogens with one attached hydrogen (secondary N) is 1. The smallest absolute Gasteiger partial charge is 0.345 e. The van der Waals surface area contributed by atoms with E-state index in [-0.39, 0.29) is 12.3 Å². The second-order valence-corrected chi connectivity index (χ2v) is 4.08. The van der Waals surface area contributed by atoms with Crippen molar-refractivity contribution in [3.63, 3.8) is 0 Å². The van der Waals surface area contributed by atoms with E-state index in [1.165, 1.54) is 7.11 Å². The van der Waals surface area contributed by atoms with Gasteiger partial charge in [-0.1, -0.05) is 0 Å². The molecule has 1 fully saturated rings. The van der Waals surface area contributed by atoms with Crippen LogP contribution in [0.25, 0.3) is 0 Å². The molecule has 98 valence electrons. The van der Waals surface area contributed by atoms with E-state index in [9.17, 15) is 4.79 Å². The average Bonchev–Trinajstić information content (AvgIpc) is 3.00. The highest BCUT2D eigenvalue weighted by molar-refractivity contribution is 5.89. The highest BCUT2D eigenvalue weighted by atomic mass is 16.6. The number of rotatable bonds is 5. The molecule has 1 aliphatic rings. The number of hydrogen-bond donors (Lipinski definition) is 1. The highest BCUT2D eigenvalue weighted by Gasteiger charge is 2.25. The lowest BCUT2D eigenvalue weighted by Gasteiger charge is -2.13. The number of aliphatic imine (C=N–C) groups is 1. The molecular formula is C11H20N2O4. The Morgan fingerprint density at radius 2 is 2.24 bits per heavy atom. The van der Waals surface area contributed by atoms with Crippen LogP contribution in [0.2, 0.25) is 0 Å². The topological polar surface area (TPSA) is 72.5 Å². The summed E-state index contributed by atoms with van der Waals surface area (Å²) in [6.07, 6.45) is 0.763. The van der Waals surface area contributed by atoms with Gasteiger partial charge in [0.05, 0.1) is 18.8 Å². The van der Waals surface area contributed by atoms with Gasteiger partial charge in [-0.15, -0.1) is 0 Å². The number of hydrogen-bond acceptors (Lipinski definition) is 4. The summed E-state index contributed by atoms with van der Waals surface area (Å²) >= 11 is 0. The molecule has 0 spiro atoms. The molecule has 6 heteroatoms. The molecule has 0 bridgehead atoms. The van der Waals surface area contributed by atoms with Gasteiger partial charge < -0.3 is 19.5 Å². The van der Waals surface area contributed by atoms with Crippen molar-refractivity contribution in [2.24, 2.45) is 4.99 Å². The van der Waals surface area contributed by atoms with Crippen molar-refractivity contribution in [2.75, 3.05) is 13.7 Å². The van der Waals surface area contributed by atoms with E-state index in [2.05, 4.69) is 10.3 Å².